The molecule has 3 atom stereocenters. The van der Waals surface area contributed by atoms with E-state index in [0.717, 1.165) is 19.4 Å². The summed E-state index contributed by atoms with van der Waals surface area (Å²) in [6.07, 6.45) is 2.23. The Labute approximate surface area is 110 Å². The molecule has 0 saturated carbocycles. The average molecular weight is 257 g/mol. The zero-order chi connectivity index (χ0) is 13.7. The molecule has 1 heterocycles. The van der Waals surface area contributed by atoms with Crippen molar-refractivity contribution in [2.75, 3.05) is 13.7 Å². The quantitative estimate of drug-likeness (QED) is 0.765. The molecule has 0 aromatic heterocycles. The Hall–Kier alpha value is -0.610. The van der Waals surface area contributed by atoms with Crippen molar-refractivity contribution in [3.8, 4) is 0 Å². The summed E-state index contributed by atoms with van der Waals surface area (Å²) in [7, 11) is 1.44. The third-order valence-corrected chi connectivity index (χ3v) is 3.60. The number of rotatable bonds is 5. The monoisotopic (exact) mass is 257 g/mol. The SMILES string of the molecule is COC(=O)[C@@H](NC1CCOC(C(C)C)C1)C(C)C. The molecule has 4 nitrogen and oxygen atoms in total. The first kappa shape index (κ1) is 15.4. The van der Waals surface area contributed by atoms with E-state index >= 15 is 0 Å². The van der Waals surface area contributed by atoms with Gasteiger partial charge in [-0.2, -0.15) is 0 Å². The Balaban J connectivity index is 2.55. The maximum Gasteiger partial charge on any atom is 0.323 e. The molecule has 0 spiro atoms. The maximum absolute atomic E-state index is 11.7. The molecule has 0 amide bonds. The molecule has 0 aromatic carbocycles. The number of esters is 1. The van der Waals surface area contributed by atoms with E-state index in [9.17, 15) is 4.79 Å². The summed E-state index contributed by atoms with van der Waals surface area (Å²) < 4.78 is 10.6. The van der Waals surface area contributed by atoms with Crippen molar-refractivity contribution in [2.24, 2.45) is 11.8 Å². The van der Waals surface area contributed by atoms with E-state index < -0.39 is 0 Å². The van der Waals surface area contributed by atoms with Crippen molar-refractivity contribution in [3.05, 3.63) is 0 Å². The van der Waals surface area contributed by atoms with Gasteiger partial charge in [-0.3, -0.25) is 4.79 Å². The molecule has 0 bridgehead atoms. The highest BCUT2D eigenvalue weighted by atomic mass is 16.5. The molecule has 0 radical (unpaired) electrons. The van der Waals surface area contributed by atoms with Gasteiger partial charge in [0.2, 0.25) is 0 Å². The van der Waals surface area contributed by atoms with E-state index in [0.29, 0.717) is 18.1 Å². The minimum Gasteiger partial charge on any atom is -0.468 e. The van der Waals surface area contributed by atoms with Crippen LogP contribution in [0.2, 0.25) is 0 Å². The number of hydrogen-bond donors (Lipinski definition) is 1. The van der Waals surface area contributed by atoms with E-state index in [1.807, 2.05) is 13.8 Å². The van der Waals surface area contributed by atoms with Crippen LogP contribution in [0.1, 0.15) is 40.5 Å². The van der Waals surface area contributed by atoms with Crippen molar-refractivity contribution in [2.45, 2.75) is 58.7 Å². The van der Waals surface area contributed by atoms with Crippen LogP contribution in [0.5, 0.6) is 0 Å². The molecule has 1 aliphatic heterocycles. The van der Waals surface area contributed by atoms with Crippen LogP contribution in [-0.2, 0) is 14.3 Å². The molecule has 2 unspecified atom stereocenters. The van der Waals surface area contributed by atoms with Crippen LogP contribution in [0.15, 0.2) is 0 Å². The van der Waals surface area contributed by atoms with Crippen LogP contribution in [0.3, 0.4) is 0 Å². The molecule has 0 aromatic rings. The number of carbonyl (C=O) groups is 1. The van der Waals surface area contributed by atoms with Crippen LogP contribution in [0, 0.1) is 11.8 Å². The zero-order valence-electron chi connectivity index (χ0n) is 12.2. The molecule has 4 heteroatoms. The van der Waals surface area contributed by atoms with E-state index in [1.54, 1.807) is 0 Å². The molecule has 0 aliphatic carbocycles. The van der Waals surface area contributed by atoms with Gasteiger partial charge in [-0.15, -0.1) is 0 Å². The second kappa shape index (κ2) is 7.10. The molecule has 1 rings (SSSR count). The van der Waals surface area contributed by atoms with E-state index in [1.165, 1.54) is 7.11 Å². The number of hydrogen-bond acceptors (Lipinski definition) is 4. The van der Waals surface area contributed by atoms with Gasteiger partial charge in [0.15, 0.2) is 0 Å². The molecule has 1 fully saturated rings. The lowest BCUT2D eigenvalue weighted by Crippen LogP contribution is -2.50. The molecular weight excluding hydrogens is 230 g/mol. The van der Waals surface area contributed by atoms with Crippen LogP contribution in [0.4, 0.5) is 0 Å². The first-order chi connectivity index (χ1) is 8.45. The van der Waals surface area contributed by atoms with Gasteiger partial charge in [-0.05, 0) is 24.7 Å². The Kier molecular flexibility index (Phi) is 6.09. The summed E-state index contributed by atoms with van der Waals surface area (Å²) in [5.41, 5.74) is 0. The Morgan fingerprint density at radius 3 is 2.50 bits per heavy atom. The highest BCUT2D eigenvalue weighted by molar-refractivity contribution is 5.75. The van der Waals surface area contributed by atoms with E-state index in [-0.39, 0.29) is 17.9 Å². The van der Waals surface area contributed by atoms with Gasteiger partial charge in [0.05, 0.1) is 13.2 Å². The van der Waals surface area contributed by atoms with Crippen LogP contribution in [-0.4, -0.2) is 37.9 Å². The highest BCUT2D eigenvalue weighted by Crippen LogP contribution is 2.21. The third-order valence-electron chi connectivity index (χ3n) is 3.60. The first-order valence-corrected chi connectivity index (χ1v) is 6.91. The fourth-order valence-corrected chi connectivity index (χ4v) is 2.36. The highest BCUT2D eigenvalue weighted by Gasteiger charge is 2.30. The molecule has 18 heavy (non-hydrogen) atoms. The molecule has 1 aliphatic rings. The lowest BCUT2D eigenvalue weighted by atomic mass is 9.93. The summed E-state index contributed by atoms with van der Waals surface area (Å²) in [5, 5.41) is 3.44. The van der Waals surface area contributed by atoms with Gasteiger partial charge in [0.25, 0.3) is 0 Å². The van der Waals surface area contributed by atoms with E-state index in [2.05, 4.69) is 19.2 Å². The Morgan fingerprint density at radius 2 is 2.00 bits per heavy atom. The summed E-state index contributed by atoms with van der Waals surface area (Å²) in [5.74, 6) is 0.584. The summed E-state index contributed by atoms with van der Waals surface area (Å²) in [6.45, 7) is 9.19. The molecular formula is C14H27NO3. The molecule has 1 N–H and O–H groups in total. The van der Waals surface area contributed by atoms with Crippen molar-refractivity contribution in [1.82, 2.24) is 5.32 Å². The van der Waals surface area contributed by atoms with Crippen LogP contribution >= 0.6 is 0 Å². The standard InChI is InChI=1S/C14H27NO3/c1-9(2)12-8-11(6-7-18-12)15-13(10(3)4)14(16)17-5/h9-13,15H,6-8H2,1-5H3/t11?,12?,13-/m0/s1. The van der Waals surface area contributed by atoms with Gasteiger partial charge in [-0.25, -0.2) is 0 Å². The minimum absolute atomic E-state index is 0.169. The van der Waals surface area contributed by atoms with Gasteiger partial charge in [-0.1, -0.05) is 27.7 Å². The van der Waals surface area contributed by atoms with Crippen LogP contribution < -0.4 is 5.32 Å². The van der Waals surface area contributed by atoms with Gasteiger partial charge in [0, 0.05) is 12.6 Å². The topological polar surface area (TPSA) is 47.6 Å². The van der Waals surface area contributed by atoms with Gasteiger partial charge >= 0.3 is 5.97 Å². The van der Waals surface area contributed by atoms with Crippen LogP contribution in [0.25, 0.3) is 0 Å². The van der Waals surface area contributed by atoms with Gasteiger partial charge in [0.1, 0.15) is 6.04 Å². The molecule has 106 valence electrons. The normalized spacial score (nSPS) is 26.4. The smallest absolute Gasteiger partial charge is 0.323 e. The number of methoxy groups -OCH3 is 1. The summed E-state index contributed by atoms with van der Waals surface area (Å²) in [6, 6.07) is 0.128. The summed E-state index contributed by atoms with van der Waals surface area (Å²) in [4.78, 5) is 11.7. The first-order valence-electron chi connectivity index (χ1n) is 6.91. The predicted octanol–water partition coefficient (Wildman–Crippen LogP) is 1.98. The lowest BCUT2D eigenvalue weighted by Gasteiger charge is -2.35. The summed E-state index contributed by atoms with van der Waals surface area (Å²) >= 11 is 0. The lowest BCUT2D eigenvalue weighted by molar-refractivity contribution is -0.145. The van der Waals surface area contributed by atoms with Crippen molar-refractivity contribution < 1.29 is 14.3 Å². The van der Waals surface area contributed by atoms with Gasteiger partial charge < -0.3 is 14.8 Å². The second-order valence-corrected chi connectivity index (χ2v) is 5.79. The third kappa shape index (κ3) is 4.25. The van der Waals surface area contributed by atoms with Crippen molar-refractivity contribution in [1.29, 1.82) is 0 Å². The Bertz CT molecular complexity index is 266. The second-order valence-electron chi connectivity index (χ2n) is 5.79. The minimum atomic E-state index is -0.217. The van der Waals surface area contributed by atoms with Crippen molar-refractivity contribution >= 4 is 5.97 Å². The number of nitrogens with one attached hydrogen (secondary N) is 1. The van der Waals surface area contributed by atoms with E-state index in [4.69, 9.17) is 9.47 Å². The van der Waals surface area contributed by atoms with Crippen molar-refractivity contribution in [3.63, 3.8) is 0 Å². The number of carbonyl (C=O) groups excluding carboxylic acids is 1. The fourth-order valence-electron chi connectivity index (χ4n) is 2.36. The average Bonchev–Trinajstić information content (AvgIpc) is 2.35. The maximum atomic E-state index is 11.7. The fraction of sp³-hybridized carbons (Fsp3) is 0.929. The predicted molar refractivity (Wildman–Crippen MR) is 71.4 cm³/mol. The largest absolute Gasteiger partial charge is 0.468 e. The zero-order valence-corrected chi connectivity index (χ0v) is 12.2. The number of ether oxygens (including phenoxy) is 2. The Morgan fingerprint density at radius 1 is 1.33 bits per heavy atom. The molecule has 1 saturated heterocycles.